The average Bonchev–Trinajstić information content (AvgIpc) is 3.03. The van der Waals surface area contributed by atoms with Crippen molar-refractivity contribution in [2.45, 2.75) is 47.5 Å². The number of fused-ring (bicyclic) bond motifs is 2. The number of aryl methyl sites for hydroxylation is 1. The van der Waals surface area contributed by atoms with Crippen LogP contribution in [0.1, 0.15) is 55.9 Å². The van der Waals surface area contributed by atoms with Crippen molar-refractivity contribution in [3.8, 4) is 0 Å². The first-order valence-electron chi connectivity index (χ1n) is 7.61. The van der Waals surface area contributed by atoms with Gasteiger partial charge in [0, 0.05) is 18.6 Å². The van der Waals surface area contributed by atoms with Gasteiger partial charge >= 0.3 is 0 Å². The van der Waals surface area contributed by atoms with Crippen molar-refractivity contribution in [3.05, 3.63) is 10.6 Å². The molecule has 0 aromatic carbocycles. The van der Waals surface area contributed by atoms with Crippen LogP contribution in [0, 0.1) is 30.1 Å². The summed E-state index contributed by atoms with van der Waals surface area (Å²) < 4.78 is 0. The van der Waals surface area contributed by atoms with Crippen molar-refractivity contribution in [1.82, 2.24) is 4.98 Å². The molecule has 0 saturated heterocycles. The van der Waals surface area contributed by atoms with E-state index in [1.807, 2.05) is 6.92 Å². The fourth-order valence-electron chi connectivity index (χ4n) is 3.90. The van der Waals surface area contributed by atoms with Gasteiger partial charge in [0.05, 0.1) is 10.6 Å². The first-order chi connectivity index (χ1) is 9.80. The summed E-state index contributed by atoms with van der Waals surface area (Å²) in [6, 6.07) is 0. The van der Waals surface area contributed by atoms with Crippen molar-refractivity contribution in [1.29, 1.82) is 0 Å². The number of hydrogen-bond acceptors (Lipinski definition) is 5. The van der Waals surface area contributed by atoms with Gasteiger partial charge in [0.1, 0.15) is 0 Å². The van der Waals surface area contributed by atoms with Gasteiger partial charge in [0.15, 0.2) is 5.78 Å². The molecule has 22 heavy (non-hydrogen) atoms. The highest BCUT2D eigenvalue weighted by Gasteiger charge is 2.53. The van der Waals surface area contributed by atoms with E-state index in [2.05, 4.69) is 36.3 Å². The Morgan fingerprint density at radius 2 is 2.14 bits per heavy atom. The monoisotopic (exact) mass is 385 g/mol. The molecule has 4 nitrogen and oxygen atoms in total. The highest BCUT2D eigenvalue weighted by atomic mass is 79.9. The van der Waals surface area contributed by atoms with Crippen molar-refractivity contribution in [2.75, 3.05) is 5.43 Å². The normalized spacial score (nSPS) is 30.4. The topological polar surface area (TPSA) is 54.4 Å². The number of thiazole rings is 1. The molecule has 2 saturated carbocycles. The minimum absolute atomic E-state index is 0. The number of halogens is 1. The van der Waals surface area contributed by atoms with Crippen LogP contribution in [0.15, 0.2) is 5.10 Å². The van der Waals surface area contributed by atoms with Crippen molar-refractivity contribution >= 4 is 44.9 Å². The molecular weight excluding hydrogens is 362 g/mol. The SMILES string of the molecule is Br.CC(=O)c1sc(NN=C2CC3CC2C(C)C3(C)C)nc1C. The Bertz CT molecular complexity index is 619. The summed E-state index contributed by atoms with van der Waals surface area (Å²) in [5.74, 6) is 2.11. The molecule has 0 aliphatic heterocycles. The lowest BCUT2D eigenvalue weighted by Crippen LogP contribution is -2.33. The maximum absolute atomic E-state index is 11.5. The molecule has 3 rings (SSSR count). The number of rotatable bonds is 3. The minimum Gasteiger partial charge on any atom is -0.294 e. The van der Waals surface area contributed by atoms with Gasteiger partial charge in [-0.05, 0) is 37.0 Å². The summed E-state index contributed by atoms with van der Waals surface area (Å²) in [5, 5.41) is 5.33. The van der Waals surface area contributed by atoms with Crippen LogP contribution in [0.5, 0.6) is 0 Å². The van der Waals surface area contributed by atoms with Crippen LogP contribution in [0.2, 0.25) is 0 Å². The van der Waals surface area contributed by atoms with Crippen molar-refractivity contribution in [3.63, 3.8) is 0 Å². The van der Waals surface area contributed by atoms with E-state index in [1.165, 1.54) is 23.5 Å². The van der Waals surface area contributed by atoms with E-state index in [9.17, 15) is 4.79 Å². The molecule has 0 spiro atoms. The Labute approximate surface area is 146 Å². The lowest BCUT2D eigenvalue weighted by molar-refractivity contribution is 0.102. The van der Waals surface area contributed by atoms with Gasteiger partial charge in [0.25, 0.3) is 0 Å². The van der Waals surface area contributed by atoms with Crippen LogP contribution in [-0.2, 0) is 0 Å². The predicted octanol–water partition coefficient (Wildman–Crippen LogP) is 4.70. The second-order valence-electron chi connectivity index (χ2n) is 7.06. The van der Waals surface area contributed by atoms with E-state index in [-0.39, 0.29) is 22.8 Å². The summed E-state index contributed by atoms with van der Waals surface area (Å²) in [5.41, 5.74) is 5.58. The molecule has 0 amide bonds. The standard InChI is InChI=1S/C16H23N3OS.BrH/c1-8-12-6-11(16(8,4)5)7-13(12)18-19-15-17-9(2)14(21-15)10(3)20;/h8,11-12H,6-7H2,1-5H3,(H,17,19);1H. The molecule has 6 heteroatoms. The number of carbonyl (C=O) groups excluding carboxylic acids is 1. The van der Waals surface area contributed by atoms with Crippen LogP contribution in [0.25, 0.3) is 0 Å². The van der Waals surface area contributed by atoms with Crippen LogP contribution in [0.4, 0.5) is 5.13 Å². The summed E-state index contributed by atoms with van der Waals surface area (Å²) in [7, 11) is 0. The Morgan fingerprint density at radius 3 is 2.64 bits per heavy atom. The Morgan fingerprint density at radius 1 is 1.45 bits per heavy atom. The molecule has 1 heterocycles. The lowest BCUT2D eigenvalue weighted by Gasteiger charge is -2.36. The van der Waals surface area contributed by atoms with E-state index in [4.69, 9.17) is 0 Å². The summed E-state index contributed by atoms with van der Waals surface area (Å²) >= 11 is 1.39. The first kappa shape index (κ1) is 17.6. The van der Waals surface area contributed by atoms with Crippen molar-refractivity contribution in [2.24, 2.45) is 28.3 Å². The molecule has 122 valence electrons. The largest absolute Gasteiger partial charge is 0.294 e. The molecule has 1 aromatic rings. The molecule has 2 fully saturated rings. The summed E-state index contributed by atoms with van der Waals surface area (Å²) in [6.07, 6.45) is 2.36. The number of Topliss-reactive ketones (excluding diaryl/α,β-unsaturated/α-hetero) is 1. The number of nitrogens with one attached hydrogen (secondary N) is 1. The second-order valence-corrected chi connectivity index (χ2v) is 8.06. The Kier molecular flexibility index (Phi) is 4.83. The average molecular weight is 386 g/mol. The number of hydrazone groups is 1. The Hall–Kier alpha value is -0.750. The molecule has 2 aliphatic carbocycles. The lowest BCUT2D eigenvalue weighted by atomic mass is 9.69. The maximum Gasteiger partial charge on any atom is 0.204 e. The number of ketones is 1. The molecule has 0 radical (unpaired) electrons. The number of carbonyl (C=O) groups is 1. The van der Waals surface area contributed by atoms with Crippen LogP contribution in [0.3, 0.4) is 0 Å². The molecule has 3 unspecified atom stereocenters. The number of anilines is 1. The van der Waals surface area contributed by atoms with E-state index in [0.717, 1.165) is 28.0 Å². The first-order valence-corrected chi connectivity index (χ1v) is 8.43. The molecule has 1 N–H and O–H groups in total. The number of hydrogen-bond donors (Lipinski definition) is 1. The molecular formula is C16H24BrN3OS. The van der Waals surface area contributed by atoms with Gasteiger partial charge in [-0.3, -0.25) is 10.2 Å². The third-order valence-electron chi connectivity index (χ3n) is 5.66. The smallest absolute Gasteiger partial charge is 0.204 e. The van der Waals surface area contributed by atoms with Crippen molar-refractivity contribution < 1.29 is 4.79 Å². The van der Waals surface area contributed by atoms with Crippen LogP contribution >= 0.6 is 28.3 Å². The van der Waals surface area contributed by atoms with Crippen LogP contribution in [-0.4, -0.2) is 16.5 Å². The third-order valence-corrected chi connectivity index (χ3v) is 6.83. The zero-order valence-corrected chi connectivity index (χ0v) is 16.3. The second kappa shape index (κ2) is 6.04. The molecule has 2 bridgehead atoms. The van der Waals surface area contributed by atoms with E-state index in [1.54, 1.807) is 6.92 Å². The highest BCUT2D eigenvalue weighted by molar-refractivity contribution is 8.93. The Balaban J connectivity index is 0.00000176. The third kappa shape index (κ3) is 2.75. The quantitative estimate of drug-likeness (QED) is 0.605. The fraction of sp³-hybridized carbons (Fsp3) is 0.688. The molecule has 1 aromatic heterocycles. The van der Waals surface area contributed by atoms with Gasteiger partial charge in [-0.1, -0.05) is 32.1 Å². The summed E-state index contributed by atoms with van der Waals surface area (Å²) in [6.45, 7) is 10.6. The molecule has 2 aliphatic rings. The van der Waals surface area contributed by atoms with Gasteiger partial charge in [0.2, 0.25) is 5.13 Å². The van der Waals surface area contributed by atoms with Gasteiger partial charge in [-0.25, -0.2) is 4.98 Å². The zero-order valence-electron chi connectivity index (χ0n) is 13.8. The number of nitrogens with zero attached hydrogens (tertiary/aromatic N) is 2. The molecule has 3 atom stereocenters. The predicted molar refractivity (Wildman–Crippen MR) is 97.4 cm³/mol. The fourth-order valence-corrected chi connectivity index (χ4v) is 4.70. The number of aromatic nitrogens is 1. The maximum atomic E-state index is 11.5. The van der Waals surface area contributed by atoms with E-state index >= 15 is 0 Å². The highest BCUT2D eigenvalue weighted by Crippen LogP contribution is 2.57. The van der Waals surface area contributed by atoms with Gasteiger partial charge in [-0.2, -0.15) is 5.10 Å². The summed E-state index contributed by atoms with van der Waals surface area (Å²) in [4.78, 5) is 16.6. The van der Waals surface area contributed by atoms with E-state index in [0.29, 0.717) is 17.3 Å². The van der Waals surface area contributed by atoms with Crippen LogP contribution < -0.4 is 5.43 Å². The van der Waals surface area contributed by atoms with Gasteiger partial charge in [-0.15, -0.1) is 17.0 Å². The van der Waals surface area contributed by atoms with E-state index < -0.39 is 0 Å². The van der Waals surface area contributed by atoms with Gasteiger partial charge < -0.3 is 0 Å². The minimum atomic E-state index is 0. The zero-order chi connectivity index (χ0) is 15.4.